The number of nitrogens with zero attached hydrogens (tertiary/aromatic N) is 2. The van der Waals surface area contributed by atoms with E-state index < -0.39 is 5.97 Å². The Morgan fingerprint density at radius 2 is 2.22 bits per heavy atom. The molecule has 1 N–H and O–H groups in total. The molecule has 0 amide bonds. The first-order valence-corrected chi connectivity index (χ1v) is 7.18. The fourth-order valence-corrected chi connectivity index (χ4v) is 3.28. The fourth-order valence-electron chi connectivity index (χ4n) is 2.27. The Labute approximate surface area is 112 Å². The Bertz CT molecular complexity index is 440. The van der Waals surface area contributed by atoms with Gasteiger partial charge in [-0.2, -0.15) is 0 Å². The van der Waals surface area contributed by atoms with Gasteiger partial charge in [0.05, 0.1) is 17.2 Å². The normalized spacial score (nSPS) is 17.1. The second-order valence-electron chi connectivity index (χ2n) is 5.13. The number of rotatable bonds is 6. The highest BCUT2D eigenvalue weighted by atomic mass is 32.1. The van der Waals surface area contributed by atoms with Crippen molar-refractivity contribution >= 4 is 17.3 Å². The summed E-state index contributed by atoms with van der Waals surface area (Å²) in [5.41, 5.74) is 1.04. The summed E-state index contributed by atoms with van der Waals surface area (Å²) in [6.07, 6.45) is 2.48. The maximum atomic E-state index is 11.0. The van der Waals surface area contributed by atoms with E-state index >= 15 is 0 Å². The van der Waals surface area contributed by atoms with E-state index in [4.69, 9.17) is 5.11 Å². The van der Waals surface area contributed by atoms with Gasteiger partial charge in [-0.05, 0) is 39.5 Å². The van der Waals surface area contributed by atoms with Gasteiger partial charge in [-0.1, -0.05) is 0 Å². The first kappa shape index (κ1) is 13.5. The van der Waals surface area contributed by atoms with Gasteiger partial charge in [-0.15, -0.1) is 11.3 Å². The van der Waals surface area contributed by atoms with Crippen molar-refractivity contribution in [2.45, 2.75) is 39.7 Å². The summed E-state index contributed by atoms with van der Waals surface area (Å²) in [5, 5.41) is 10.1. The van der Waals surface area contributed by atoms with Crippen molar-refractivity contribution in [2.24, 2.45) is 5.92 Å². The molecule has 0 spiro atoms. The average molecular weight is 268 g/mol. The van der Waals surface area contributed by atoms with Crippen molar-refractivity contribution in [3.8, 4) is 0 Å². The molecule has 1 aromatic rings. The number of thiazole rings is 1. The minimum absolute atomic E-state index is 0.119. The highest BCUT2D eigenvalue weighted by molar-refractivity contribution is 7.11. The molecule has 0 bridgehead atoms. The van der Waals surface area contributed by atoms with E-state index in [1.165, 1.54) is 17.7 Å². The lowest BCUT2D eigenvalue weighted by molar-refractivity contribution is -0.138. The average Bonchev–Trinajstić information content (AvgIpc) is 3.01. The van der Waals surface area contributed by atoms with E-state index in [1.807, 2.05) is 13.8 Å². The molecule has 2 rings (SSSR count). The minimum Gasteiger partial charge on any atom is -0.480 e. The van der Waals surface area contributed by atoms with Crippen LogP contribution in [0.2, 0.25) is 0 Å². The monoisotopic (exact) mass is 268 g/mol. The van der Waals surface area contributed by atoms with Crippen LogP contribution in [0.1, 0.15) is 41.4 Å². The number of carboxylic acids is 1. The third kappa shape index (κ3) is 3.29. The summed E-state index contributed by atoms with van der Waals surface area (Å²) in [6, 6.07) is 0.146. The quantitative estimate of drug-likeness (QED) is 0.861. The smallest absolute Gasteiger partial charge is 0.317 e. The first-order chi connectivity index (χ1) is 8.47. The number of hydrogen-bond acceptors (Lipinski definition) is 4. The molecule has 100 valence electrons. The maximum Gasteiger partial charge on any atom is 0.317 e. The number of aryl methyl sites for hydroxylation is 2. The zero-order valence-corrected chi connectivity index (χ0v) is 12.0. The van der Waals surface area contributed by atoms with Gasteiger partial charge in [0.25, 0.3) is 0 Å². The number of aliphatic carboxylic acids is 1. The molecule has 5 heteroatoms. The van der Waals surface area contributed by atoms with Gasteiger partial charge in [-0.3, -0.25) is 9.69 Å². The lowest BCUT2D eigenvalue weighted by Gasteiger charge is -2.27. The third-order valence-electron chi connectivity index (χ3n) is 3.39. The van der Waals surface area contributed by atoms with Crippen molar-refractivity contribution in [1.82, 2.24) is 9.88 Å². The van der Waals surface area contributed by atoms with Crippen molar-refractivity contribution < 1.29 is 9.90 Å². The summed E-state index contributed by atoms with van der Waals surface area (Å²) in [6.45, 7) is 7.10. The Hall–Kier alpha value is -0.940. The second-order valence-corrected chi connectivity index (χ2v) is 6.36. The van der Waals surface area contributed by atoms with Gasteiger partial charge in [-0.25, -0.2) is 4.98 Å². The predicted molar refractivity (Wildman–Crippen MR) is 71.9 cm³/mol. The van der Waals surface area contributed by atoms with E-state index in [-0.39, 0.29) is 12.6 Å². The molecular weight excluding hydrogens is 248 g/mol. The van der Waals surface area contributed by atoms with Crippen LogP contribution in [0, 0.1) is 19.8 Å². The number of aromatic nitrogens is 1. The highest BCUT2D eigenvalue weighted by Crippen LogP contribution is 2.34. The number of hydrogen-bond donors (Lipinski definition) is 1. The van der Waals surface area contributed by atoms with Crippen molar-refractivity contribution in [3.63, 3.8) is 0 Å². The van der Waals surface area contributed by atoms with Gasteiger partial charge >= 0.3 is 5.97 Å². The van der Waals surface area contributed by atoms with E-state index in [9.17, 15) is 4.79 Å². The van der Waals surface area contributed by atoms with E-state index in [1.54, 1.807) is 11.3 Å². The molecule has 1 unspecified atom stereocenters. The molecule has 1 aliphatic rings. The standard InChI is InChI=1S/C13H20N2O2S/c1-8-13(18-10(3)14-8)9(2)15(7-12(16)17)6-11-4-5-11/h9,11H,4-7H2,1-3H3,(H,16,17). The van der Waals surface area contributed by atoms with E-state index in [2.05, 4.69) is 16.8 Å². The van der Waals surface area contributed by atoms with Crippen LogP contribution in [0.3, 0.4) is 0 Å². The summed E-state index contributed by atoms with van der Waals surface area (Å²) < 4.78 is 0. The van der Waals surface area contributed by atoms with Crippen LogP contribution in [0.4, 0.5) is 0 Å². The largest absolute Gasteiger partial charge is 0.480 e. The van der Waals surface area contributed by atoms with Gasteiger partial charge in [0.2, 0.25) is 0 Å². The SMILES string of the molecule is Cc1nc(C)c(C(C)N(CC(=O)O)CC2CC2)s1. The summed E-state index contributed by atoms with van der Waals surface area (Å²) in [7, 11) is 0. The van der Waals surface area contributed by atoms with Gasteiger partial charge in [0.1, 0.15) is 0 Å². The summed E-state index contributed by atoms with van der Waals surface area (Å²) in [4.78, 5) is 18.7. The molecule has 1 heterocycles. The van der Waals surface area contributed by atoms with Gasteiger partial charge < -0.3 is 5.11 Å². The zero-order valence-electron chi connectivity index (χ0n) is 11.1. The van der Waals surface area contributed by atoms with Crippen molar-refractivity contribution in [3.05, 3.63) is 15.6 Å². The number of carboxylic acid groups (broad SMARTS) is 1. The van der Waals surface area contributed by atoms with Gasteiger partial charge in [0.15, 0.2) is 0 Å². The lowest BCUT2D eigenvalue weighted by atomic mass is 10.2. The minimum atomic E-state index is -0.749. The fraction of sp³-hybridized carbons (Fsp3) is 0.692. The Morgan fingerprint density at radius 1 is 1.56 bits per heavy atom. The molecule has 1 aromatic heterocycles. The first-order valence-electron chi connectivity index (χ1n) is 6.37. The molecule has 0 radical (unpaired) electrons. The van der Waals surface area contributed by atoms with Crippen molar-refractivity contribution in [2.75, 3.05) is 13.1 Å². The molecule has 18 heavy (non-hydrogen) atoms. The van der Waals surface area contributed by atoms with Crippen LogP contribution >= 0.6 is 11.3 Å². The molecule has 0 saturated heterocycles. The third-order valence-corrected chi connectivity index (χ3v) is 4.64. The van der Waals surface area contributed by atoms with Crippen LogP contribution in [0.5, 0.6) is 0 Å². The molecule has 1 saturated carbocycles. The van der Waals surface area contributed by atoms with Crippen LogP contribution in [0.25, 0.3) is 0 Å². The summed E-state index contributed by atoms with van der Waals surface area (Å²) in [5.74, 6) is -0.0532. The van der Waals surface area contributed by atoms with Crippen LogP contribution in [0.15, 0.2) is 0 Å². The molecule has 1 atom stereocenters. The molecule has 0 aliphatic heterocycles. The van der Waals surface area contributed by atoms with E-state index in [0.717, 1.165) is 17.2 Å². The zero-order chi connectivity index (χ0) is 13.3. The number of carbonyl (C=O) groups is 1. The van der Waals surface area contributed by atoms with E-state index in [0.29, 0.717) is 5.92 Å². The molecule has 0 aromatic carbocycles. The topological polar surface area (TPSA) is 53.4 Å². The summed E-state index contributed by atoms with van der Waals surface area (Å²) >= 11 is 1.68. The molecule has 1 aliphatic carbocycles. The van der Waals surface area contributed by atoms with Crippen molar-refractivity contribution in [1.29, 1.82) is 0 Å². The maximum absolute atomic E-state index is 11.0. The Balaban J connectivity index is 2.12. The molecule has 4 nitrogen and oxygen atoms in total. The van der Waals surface area contributed by atoms with Crippen LogP contribution in [-0.2, 0) is 4.79 Å². The second kappa shape index (κ2) is 5.36. The molecule has 1 fully saturated rings. The van der Waals surface area contributed by atoms with Crippen LogP contribution < -0.4 is 0 Å². The lowest BCUT2D eigenvalue weighted by Crippen LogP contribution is -2.34. The highest BCUT2D eigenvalue weighted by Gasteiger charge is 2.29. The predicted octanol–water partition coefficient (Wildman–Crippen LogP) is 2.62. The Morgan fingerprint density at radius 3 is 2.67 bits per heavy atom. The van der Waals surface area contributed by atoms with Crippen LogP contribution in [-0.4, -0.2) is 34.0 Å². The molecular formula is C13H20N2O2S. The van der Waals surface area contributed by atoms with Gasteiger partial charge in [0, 0.05) is 17.5 Å². The Kier molecular flexibility index (Phi) is 4.02.